The van der Waals surface area contributed by atoms with Gasteiger partial charge in [0.2, 0.25) is 5.91 Å². The lowest BCUT2D eigenvalue weighted by Gasteiger charge is -2.63. The van der Waals surface area contributed by atoms with E-state index in [2.05, 4.69) is 64.5 Å². The molecule has 1 aromatic heterocycles. The van der Waals surface area contributed by atoms with Crippen LogP contribution in [0.25, 0.3) is 0 Å². The van der Waals surface area contributed by atoms with Crippen LogP contribution in [-0.2, 0) is 9.53 Å². The molecule has 1 aliphatic carbocycles. The molecule has 2 aromatic carbocycles. The monoisotopic (exact) mass is 794 g/mol. The van der Waals surface area contributed by atoms with E-state index in [1.807, 2.05) is 12.1 Å². The zero-order chi connectivity index (χ0) is 40.3. The number of imide groups is 1. The number of hydrogen-bond donors (Lipinski definition) is 3. The molecular formula is C42H47ClN8O6. The van der Waals surface area contributed by atoms with Gasteiger partial charge in [-0.25, -0.2) is 4.98 Å². The highest BCUT2D eigenvalue weighted by molar-refractivity contribution is 6.31. The number of nitriles is 1. The maximum absolute atomic E-state index is 13.8. The van der Waals surface area contributed by atoms with Crippen LogP contribution in [0.2, 0.25) is 5.02 Å². The number of amides is 4. The molecule has 0 radical (unpaired) electrons. The Morgan fingerprint density at radius 1 is 1.04 bits per heavy atom. The van der Waals surface area contributed by atoms with Crippen molar-refractivity contribution >= 4 is 46.6 Å². The first-order chi connectivity index (χ1) is 27.2. The van der Waals surface area contributed by atoms with Gasteiger partial charge in [-0.3, -0.25) is 29.0 Å². The zero-order valence-electron chi connectivity index (χ0n) is 32.6. The highest BCUT2D eigenvalue weighted by Crippen LogP contribution is 2.55. The molecule has 5 aliphatic rings. The molecule has 3 saturated heterocycles. The number of nitrogens with one attached hydrogen (secondary N) is 3. The molecule has 4 aliphatic heterocycles. The zero-order valence-corrected chi connectivity index (χ0v) is 33.3. The first-order valence-electron chi connectivity index (χ1n) is 19.5. The third kappa shape index (κ3) is 6.75. The molecule has 298 valence electrons. The second-order valence-electron chi connectivity index (χ2n) is 16.9. The van der Waals surface area contributed by atoms with Crippen molar-refractivity contribution < 1.29 is 28.7 Å². The summed E-state index contributed by atoms with van der Waals surface area (Å²) >= 11 is 6.24. The Labute approximate surface area is 336 Å². The van der Waals surface area contributed by atoms with Gasteiger partial charge in [-0.05, 0) is 42.8 Å². The minimum atomic E-state index is -0.719. The van der Waals surface area contributed by atoms with E-state index in [0.717, 1.165) is 38.4 Å². The van der Waals surface area contributed by atoms with Gasteiger partial charge < -0.3 is 30.3 Å². The predicted octanol–water partition coefficient (Wildman–Crippen LogP) is 4.10. The number of carbonyl (C=O) groups excluding carboxylic acids is 4. The van der Waals surface area contributed by atoms with Gasteiger partial charge >= 0.3 is 0 Å². The molecule has 4 amide bonds. The normalized spacial score (nSPS) is 24.5. The molecule has 57 heavy (non-hydrogen) atoms. The maximum atomic E-state index is 13.8. The third-order valence-electron chi connectivity index (χ3n) is 12.5. The molecule has 1 unspecified atom stereocenters. The summed E-state index contributed by atoms with van der Waals surface area (Å²) in [6.07, 6.45) is 2.22. The van der Waals surface area contributed by atoms with Crippen molar-refractivity contribution in [3.8, 4) is 11.8 Å². The van der Waals surface area contributed by atoms with Gasteiger partial charge in [0.25, 0.3) is 17.7 Å². The predicted molar refractivity (Wildman–Crippen MR) is 212 cm³/mol. The quantitative estimate of drug-likeness (QED) is 0.253. The standard InChI is InChI=1S/C42H47ClN8O6/c1-40(2)38(41(3,4)39(40)57-27-10-8-25(21-44)29(43)20-27)47-35(53)31-11-9-26(22-46-31)50-18-16-49(17-19-50)15-14-45-30-7-5-6-28-34(30)37(55)51(36(28)54)32-12-13-33(52)48-42(32)23-56-24-42/h5-11,20,22,32,38-39,45H,12-19,23-24H2,1-4H3,(H,47,53)(H,48,52)/t32?,38-,39-. The van der Waals surface area contributed by atoms with Crippen molar-refractivity contribution in [1.29, 1.82) is 5.26 Å². The molecule has 1 spiro atoms. The number of ether oxygens (including phenoxy) is 2. The van der Waals surface area contributed by atoms with E-state index < -0.39 is 22.4 Å². The van der Waals surface area contributed by atoms with Gasteiger partial charge in [-0.15, -0.1) is 0 Å². The summed E-state index contributed by atoms with van der Waals surface area (Å²) in [7, 11) is 0. The summed E-state index contributed by atoms with van der Waals surface area (Å²) in [5.41, 5.74) is 1.57. The van der Waals surface area contributed by atoms with Gasteiger partial charge in [0, 0.05) is 74.3 Å². The van der Waals surface area contributed by atoms with Gasteiger partial charge in [0.1, 0.15) is 29.2 Å². The Hall–Kier alpha value is -5.23. The number of fused-ring (bicyclic) bond motifs is 1. The van der Waals surface area contributed by atoms with E-state index in [4.69, 9.17) is 21.1 Å². The van der Waals surface area contributed by atoms with Crippen molar-refractivity contribution in [2.24, 2.45) is 10.8 Å². The summed E-state index contributed by atoms with van der Waals surface area (Å²) < 4.78 is 11.8. The number of rotatable bonds is 10. The molecule has 1 saturated carbocycles. The van der Waals surface area contributed by atoms with Crippen LogP contribution in [0.3, 0.4) is 0 Å². The fraction of sp³-hybridized carbons (Fsp3) is 0.476. The summed E-state index contributed by atoms with van der Waals surface area (Å²) in [5.74, 6) is -0.416. The number of hydrogen-bond acceptors (Lipinski definition) is 11. The average Bonchev–Trinajstić information content (AvgIpc) is 3.44. The topological polar surface area (TPSA) is 169 Å². The number of anilines is 2. The Morgan fingerprint density at radius 3 is 2.44 bits per heavy atom. The van der Waals surface area contributed by atoms with E-state index in [1.54, 1.807) is 42.6 Å². The first-order valence-corrected chi connectivity index (χ1v) is 19.9. The summed E-state index contributed by atoms with van der Waals surface area (Å²) in [5, 5.41) is 19.2. The number of pyridine rings is 1. The van der Waals surface area contributed by atoms with Crippen molar-refractivity contribution in [1.82, 2.24) is 25.4 Å². The van der Waals surface area contributed by atoms with Crippen LogP contribution in [0, 0.1) is 22.2 Å². The second-order valence-corrected chi connectivity index (χ2v) is 17.3. The number of piperazine rings is 1. The maximum Gasteiger partial charge on any atom is 0.270 e. The first kappa shape index (κ1) is 38.6. The Balaban J connectivity index is 0.816. The molecule has 0 bridgehead atoms. The summed E-state index contributed by atoms with van der Waals surface area (Å²) in [6.45, 7) is 13.4. The molecule has 5 heterocycles. The summed E-state index contributed by atoms with van der Waals surface area (Å²) in [4.78, 5) is 63.4. The van der Waals surface area contributed by atoms with Crippen molar-refractivity contribution in [3.63, 3.8) is 0 Å². The van der Waals surface area contributed by atoms with Gasteiger partial charge in [-0.2, -0.15) is 5.26 Å². The van der Waals surface area contributed by atoms with Crippen molar-refractivity contribution in [2.75, 3.05) is 62.7 Å². The Morgan fingerprint density at radius 2 is 1.79 bits per heavy atom. The van der Waals surface area contributed by atoms with Crippen LogP contribution in [0.4, 0.5) is 11.4 Å². The van der Waals surface area contributed by atoms with E-state index in [-0.39, 0.29) is 55.4 Å². The van der Waals surface area contributed by atoms with Gasteiger partial charge in [0.15, 0.2) is 0 Å². The van der Waals surface area contributed by atoms with Crippen LogP contribution in [0.5, 0.6) is 5.75 Å². The fourth-order valence-corrected chi connectivity index (χ4v) is 9.96. The van der Waals surface area contributed by atoms with E-state index in [1.165, 1.54) is 4.90 Å². The van der Waals surface area contributed by atoms with Crippen LogP contribution >= 0.6 is 11.6 Å². The number of piperidine rings is 1. The highest BCUT2D eigenvalue weighted by atomic mass is 35.5. The van der Waals surface area contributed by atoms with E-state index in [9.17, 15) is 24.4 Å². The lowest BCUT2D eigenvalue weighted by molar-refractivity contribution is -0.164. The Bertz CT molecular complexity index is 2140. The SMILES string of the molecule is CC1(C)[C@H](NC(=O)c2ccc(N3CCN(CCNc4cccc5c4C(=O)N(C4CCC(=O)NC46COC6)C5=O)CC3)cn2)C(C)(C)[C@H]1Oc1ccc(C#N)c(Cl)c1. The third-order valence-corrected chi connectivity index (χ3v) is 12.9. The molecule has 4 fully saturated rings. The van der Waals surface area contributed by atoms with Crippen LogP contribution in [0.15, 0.2) is 54.7 Å². The molecule has 3 N–H and O–H groups in total. The number of nitrogens with zero attached hydrogens (tertiary/aromatic N) is 5. The minimum Gasteiger partial charge on any atom is -0.489 e. The van der Waals surface area contributed by atoms with Crippen LogP contribution < -0.4 is 25.6 Å². The van der Waals surface area contributed by atoms with Gasteiger partial charge in [0.05, 0.1) is 52.9 Å². The molecular weight excluding hydrogens is 748 g/mol. The largest absolute Gasteiger partial charge is 0.489 e. The number of benzene rings is 2. The van der Waals surface area contributed by atoms with Crippen LogP contribution in [-0.4, -0.2) is 115 Å². The van der Waals surface area contributed by atoms with E-state index >= 15 is 0 Å². The number of aromatic nitrogens is 1. The number of carbonyl (C=O) groups is 4. The number of halogens is 1. The average molecular weight is 795 g/mol. The smallest absolute Gasteiger partial charge is 0.270 e. The summed E-state index contributed by atoms with van der Waals surface area (Å²) in [6, 6.07) is 15.5. The highest BCUT2D eigenvalue weighted by Gasteiger charge is 2.64. The van der Waals surface area contributed by atoms with Crippen molar-refractivity contribution in [3.05, 3.63) is 82.1 Å². The van der Waals surface area contributed by atoms with Gasteiger partial charge in [-0.1, -0.05) is 45.4 Å². The molecule has 14 nitrogen and oxygen atoms in total. The van der Waals surface area contributed by atoms with E-state index in [0.29, 0.717) is 51.8 Å². The van der Waals surface area contributed by atoms with Crippen LogP contribution in [0.1, 0.15) is 77.3 Å². The minimum absolute atomic E-state index is 0.0855. The van der Waals surface area contributed by atoms with Crippen molar-refractivity contribution in [2.45, 2.75) is 64.3 Å². The molecule has 1 atom stereocenters. The Kier molecular flexibility index (Phi) is 9.90. The molecule has 8 rings (SSSR count). The lowest BCUT2D eigenvalue weighted by Crippen LogP contribution is -2.75. The molecule has 15 heteroatoms. The fourth-order valence-electron chi connectivity index (χ4n) is 9.75. The molecule has 3 aromatic rings. The second kappa shape index (κ2) is 14.6. The lowest BCUT2D eigenvalue weighted by atomic mass is 9.49.